The molecule has 0 spiro atoms. The summed E-state index contributed by atoms with van der Waals surface area (Å²) in [7, 11) is 0. The van der Waals surface area contributed by atoms with E-state index in [0.29, 0.717) is 5.54 Å². The van der Waals surface area contributed by atoms with Crippen molar-refractivity contribution in [1.82, 2.24) is 10.2 Å². The second-order valence-electron chi connectivity index (χ2n) is 4.74. The Morgan fingerprint density at radius 3 is 2.93 bits per heavy atom. The molecule has 0 radical (unpaired) electrons. The van der Waals surface area contributed by atoms with Crippen LogP contribution in [0.2, 0.25) is 0 Å². The lowest BCUT2D eigenvalue weighted by Crippen LogP contribution is -2.53. The molecule has 0 amide bonds. The zero-order chi connectivity index (χ0) is 9.86. The highest BCUT2D eigenvalue weighted by Crippen LogP contribution is 2.26. The van der Waals surface area contributed by atoms with Crippen molar-refractivity contribution in [3.8, 4) is 0 Å². The van der Waals surface area contributed by atoms with E-state index in [2.05, 4.69) is 17.1 Å². The Labute approximate surface area is 86.8 Å². The van der Waals surface area contributed by atoms with Gasteiger partial charge in [-0.2, -0.15) is 0 Å². The molecule has 0 saturated carbocycles. The summed E-state index contributed by atoms with van der Waals surface area (Å²) < 4.78 is 5.62. The van der Waals surface area contributed by atoms with Crippen LogP contribution < -0.4 is 5.32 Å². The topological polar surface area (TPSA) is 24.5 Å². The van der Waals surface area contributed by atoms with Gasteiger partial charge in [-0.05, 0) is 32.7 Å². The highest BCUT2D eigenvalue weighted by atomic mass is 16.5. The number of hydrogen-bond acceptors (Lipinski definition) is 3. The van der Waals surface area contributed by atoms with Crippen LogP contribution in [0.3, 0.4) is 0 Å². The lowest BCUT2D eigenvalue weighted by Gasteiger charge is -2.43. The summed E-state index contributed by atoms with van der Waals surface area (Å²) in [5.41, 5.74) is 0.310. The molecule has 1 N–H and O–H groups in total. The molecule has 2 saturated heterocycles. The lowest BCUT2D eigenvalue weighted by atomic mass is 9.92. The third-order valence-electron chi connectivity index (χ3n) is 3.52. The fraction of sp³-hybridized carbons (Fsp3) is 1.00. The van der Waals surface area contributed by atoms with Gasteiger partial charge in [-0.1, -0.05) is 0 Å². The van der Waals surface area contributed by atoms with Crippen LogP contribution in [-0.2, 0) is 4.74 Å². The molecule has 3 heteroatoms. The Morgan fingerprint density at radius 1 is 1.21 bits per heavy atom. The Kier molecular flexibility index (Phi) is 3.42. The molecular formula is C11H22N2O. The molecule has 1 unspecified atom stereocenters. The summed E-state index contributed by atoms with van der Waals surface area (Å²) in [4.78, 5) is 2.62. The third kappa shape index (κ3) is 2.27. The second-order valence-corrected chi connectivity index (χ2v) is 4.74. The fourth-order valence-electron chi connectivity index (χ4n) is 2.55. The minimum atomic E-state index is 0.310. The molecule has 0 aromatic carbocycles. The van der Waals surface area contributed by atoms with Crippen molar-refractivity contribution in [2.24, 2.45) is 0 Å². The Balaban J connectivity index is 1.95. The van der Waals surface area contributed by atoms with Crippen molar-refractivity contribution < 1.29 is 4.74 Å². The van der Waals surface area contributed by atoms with Gasteiger partial charge >= 0.3 is 0 Å². The van der Waals surface area contributed by atoms with Crippen molar-refractivity contribution in [1.29, 1.82) is 0 Å². The average molecular weight is 198 g/mol. The zero-order valence-electron chi connectivity index (χ0n) is 9.22. The smallest absolute Gasteiger partial charge is 0.0647 e. The maximum Gasteiger partial charge on any atom is 0.0647 e. The maximum absolute atomic E-state index is 5.62. The molecule has 14 heavy (non-hydrogen) atoms. The molecule has 2 fully saturated rings. The molecule has 0 aromatic rings. The van der Waals surface area contributed by atoms with E-state index in [-0.39, 0.29) is 0 Å². The van der Waals surface area contributed by atoms with Crippen LogP contribution in [0.25, 0.3) is 0 Å². The van der Waals surface area contributed by atoms with Crippen LogP contribution in [0.15, 0.2) is 0 Å². The number of ether oxygens (including phenoxy) is 1. The van der Waals surface area contributed by atoms with E-state index in [1.165, 1.54) is 38.9 Å². The summed E-state index contributed by atoms with van der Waals surface area (Å²) in [6.45, 7) is 8.96. The monoisotopic (exact) mass is 198 g/mol. The van der Waals surface area contributed by atoms with Gasteiger partial charge in [0.05, 0.1) is 6.61 Å². The summed E-state index contributed by atoms with van der Waals surface area (Å²) in [5, 5.41) is 3.45. The molecule has 0 aromatic heterocycles. The normalized spacial score (nSPS) is 36.6. The number of nitrogens with zero attached hydrogens (tertiary/aromatic N) is 1. The SMILES string of the molecule is CC1(N2CCCNCC2)CCCOC1. The van der Waals surface area contributed by atoms with Crippen LogP contribution >= 0.6 is 0 Å². The summed E-state index contributed by atoms with van der Waals surface area (Å²) in [5.74, 6) is 0. The van der Waals surface area contributed by atoms with Crippen molar-refractivity contribution in [3.63, 3.8) is 0 Å². The number of hydrogen-bond donors (Lipinski definition) is 1. The van der Waals surface area contributed by atoms with E-state index in [1.807, 2.05) is 0 Å². The second kappa shape index (κ2) is 4.60. The number of rotatable bonds is 1. The molecule has 1 atom stereocenters. The number of nitrogens with one attached hydrogen (secondary N) is 1. The molecule has 0 bridgehead atoms. The van der Waals surface area contributed by atoms with Gasteiger partial charge < -0.3 is 10.1 Å². The first-order valence-corrected chi connectivity index (χ1v) is 5.85. The molecule has 2 aliphatic heterocycles. The standard InChI is InChI=1S/C11H22N2O/c1-11(4-2-9-14-10-11)13-7-3-5-12-6-8-13/h12H,2-10H2,1H3. The molecule has 0 aliphatic carbocycles. The molecular weight excluding hydrogens is 176 g/mol. The average Bonchev–Trinajstić information content (AvgIpc) is 2.47. The van der Waals surface area contributed by atoms with Gasteiger partial charge in [0.2, 0.25) is 0 Å². The van der Waals surface area contributed by atoms with Crippen LogP contribution in [0.4, 0.5) is 0 Å². The summed E-state index contributed by atoms with van der Waals surface area (Å²) in [6.07, 6.45) is 3.79. The van der Waals surface area contributed by atoms with E-state index in [9.17, 15) is 0 Å². The van der Waals surface area contributed by atoms with Crippen molar-refractivity contribution in [2.45, 2.75) is 31.7 Å². The first-order valence-electron chi connectivity index (χ1n) is 5.85. The third-order valence-corrected chi connectivity index (χ3v) is 3.52. The maximum atomic E-state index is 5.62. The van der Waals surface area contributed by atoms with Gasteiger partial charge in [0.25, 0.3) is 0 Å². The Hall–Kier alpha value is -0.120. The van der Waals surface area contributed by atoms with E-state index in [1.54, 1.807) is 0 Å². The van der Waals surface area contributed by atoms with Gasteiger partial charge in [0, 0.05) is 31.8 Å². The van der Waals surface area contributed by atoms with Crippen LogP contribution in [0.5, 0.6) is 0 Å². The summed E-state index contributed by atoms with van der Waals surface area (Å²) in [6, 6.07) is 0. The first-order chi connectivity index (χ1) is 6.81. The Bertz CT molecular complexity index is 170. The minimum absolute atomic E-state index is 0.310. The lowest BCUT2D eigenvalue weighted by molar-refractivity contribution is -0.0372. The fourth-order valence-corrected chi connectivity index (χ4v) is 2.55. The van der Waals surface area contributed by atoms with Crippen LogP contribution in [-0.4, -0.2) is 49.8 Å². The zero-order valence-corrected chi connectivity index (χ0v) is 9.22. The van der Waals surface area contributed by atoms with E-state index in [0.717, 1.165) is 19.8 Å². The van der Waals surface area contributed by atoms with Gasteiger partial charge in [0.1, 0.15) is 0 Å². The van der Waals surface area contributed by atoms with Gasteiger partial charge in [0.15, 0.2) is 0 Å². The van der Waals surface area contributed by atoms with E-state index in [4.69, 9.17) is 4.74 Å². The van der Waals surface area contributed by atoms with E-state index < -0.39 is 0 Å². The summed E-state index contributed by atoms with van der Waals surface area (Å²) >= 11 is 0. The first kappa shape index (κ1) is 10.4. The Morgan fingerprint density at radius 2 is 2.14 bits per heavy atom. The highest BCUT2D eigenvalue weighted by molar-refractivity contribution is 4.89. The molecule has 3 nitrogen and oxygen atoms in total. The van der Waals surface area contributed by atoms with Crippen molar-refractivity contribution in [3.05, 3.63) is 0 Å². The quantitative estimate of drug-likeness (QED) is 0.676. The predicted molar refractivity (Wildman–Crippen MR) is 57.5 cm³/mol. The van der Waals surface area contributed by atoms with Gasteiger partial charge in [-0.15, -0.1) is 0 Å². The highest BCUT2D eigenvalue weighted by Gasteiger charge is 2.33. The van der Waals surface area contributed by atoms with Crippen molar-refractivity contribution in [2.75, 3.05) is 39.4 Å². The van der Waals surface area contributed by atoms with Gasteiger partial charge in [-0.25, -0.2) is 0 Å². The van der Waals surface area contributed by atoms with Crippen LogP contribution in [0, 0.1) is 0 Å². The molecule has 2 rings (SSSR count). The molecule has 82 valence electrons. The predicted octanol–water partition coefficient (Wildman–Crippen LogP) is 0.851. The van der Waals surface area contributed by atoms with Gasteiger partial charge in [-0.3, -0.25) is 4.90 Å². The minimum Gasteiger partial charge on any atom is -0.380 e. The van der Waals surface area contributed by atoms with Crippen molar-refractivity contribution >= 4 is 0 Å². The van der Waals surface area contributed by atoms with E-state index >= 15 is 0 Å². The molecule has 2 heterocycles. The molecule has 2 aliphatic rings. The largest absolute Gasteiger partial charge is 0.380 e. The van der Waals surface area contributed by atoms with Crippen LogP contribution in [0.1, 0.15) is 26.2 Å².